The van der Waals surface area contributed by atoms with Crippen molar-refractivity contribution in [1.29, 1.82) is 0 Å². The van der Waals surface area contributed by atoms with Crippen molar-refractivity contribution in [3.8, 4) is 11.3 Å². The first-order chi connectivity index (χ1) is 16.7. The third-order valence-corrected chi connectivity index (χ3v) is 7.26. The van der Waals surface area contributed by atoms with Gasteiger partial charge in [-0.3, -0.25) is 9.10 Å². The van der Waals surface area contributed by atoms with E-state index < -0.39 is 16.0 Å². The Morgan fingerprint density at radius 2 is 2.00 bits per heavy atom. The lowest BCUT2D eigenvalue weighted by atomic mass is 10.00. The summed E-state index contributed by atoms with van der Waals surface area (Å²) in [6, 6.07) is 9.49. The van der Waals surface area contributed by atoms with Gasteiger partial charge in [0.05, 0.1) is 17.5 Å². The van der Waals surface area contributed by atoms with Crippen molar-refractivity contribution < 1.29 is 32.0 Å². The summed E-state index contributed by atoms with van der Waals surface area (Å²) in [5.41, 5.74) is 3.04. The van der Waals surface area contributed by atoms with Gasteiger partial charge in [0.1, 0.15) is 17.2 Å². The molecule has 1 saturated carbocycles. The number of fused-ring (bicyclic) bond motifs is 1. The first-order valence-corrected chi connectivity index (χ1v) is 13.1. The average molecular weight is 502 g/mol. The molecule has 2 aliphatic rings. The molecule has 0 unspecified atom stereocenters. The predicted octanol–water partition coefficient (Wildman–Crippen LogP) is 3.99. The fourth-order valence-corrected chi connectivity index (χ4v) is 5.30. The lowest BCUT2D eigenvalue weighted by Crippen LogP contribution is -2.32. The van der Waals surface area contributed by atoms with E-state index in [1.807, 2.05) is 6.07 Å². The fraction of sp³-hybridized carbons (Fsp3) is 0.333. The van der Waals surface area contributed by atoms with Gasteiger partial charge in [-0.05, 0) is 61.1 Å². The van der Waals surface area contributed by atoms with Gasteiger partial charge in [0.2, 0.25) is 10.0 Å². The summed E-state index contributed by atoms with van der Waals surface area (Å²) in [6.45, 7) is 0.237. The molecule has 2 heterocycles. The van der Waals surface area contributed by atoms with Gasteiger partial charge < -0.3 is 19.7 Å². The highest BCUT2D eigenvalue weighted by Crippen LogP contribution is 2.48. The second-order valence-corrected chi connectivity index (χ2v) is 10.6. The molecule has 0 radical (unpaired) electrons. The minimum absolute atomic E-state index is 0.0385. The second kappa shape index (κ2) is 8.88. The van der Waals surface area contributed by atoms with Gasteiger partial charge in [-0.2, -0.15) is 0 Å². The maximum absolute atomic E-state index is 13.6. The molecule has 2 aromatic carbocycles. The number of carboxylic acid groups (broad SMARTS) is 1. The number of nitrogens with one attached hydrogen (secondary N) is 1. The lowest BCUT2D eigenvalue weighted by Gasteiger charge is -2.25. The zero-order valence-electron chi connectivity index (χ0n) is 19.0. The number of hydrogen-bond donors (Lipinski definition) is 2. The number of anilines is 1. The number of furan rings is 1. The Balaban J connectivity index is 1.70. The zero-order chi connectivity index (χ0) is 24.7. The van der Waals surface area contributed by atoms with Crippen LogP contribution in [0.4, 0.5) is 10.1 Å². The molecule has 5 rings (SSSR count). The number of benzene rings is 2. The molecule has 9 nitrogen and oxygen atoms in total. The van der Waals surface area contributed by atoms with Crippen LogP contribution in [0.2, 0.25) is 0 Å². The Labute approximate surface area is 201 Å². The maximum atomic E-state index is 13.6. The van der Waals surface area contributed by atoms with E-state index in [4.69, 9.17) is 14.4 Å². The van der Waals surface area contributed by atoms with Gasteiger partial charge in [-0.15, -0.1) is 0 Å². The van der Waals surface area contributed by atoms with Crippen molar-refractivity contribution in [2.24, 2.45) is 5.16 Å². The van der Waals surface area contributed by atoms with Crippen LogP contribution in [-0.4, -0.2) is 44.9 Å². The normalized spacial score (nSPS) is 15.5. The van der Waals surface area contributed by atoms with E-state index in [1.54, 1.807) is 18.2 Å². The van der Waals surface area contributed by atoms with Crippen molar-refractivity contribution in [2.45, 2.75) is 31.6 Å². The minimum atomic E-state index is -3.69. The second-order valence-electron chi connectivity index (χ2n) is 8.72. The van der Waals surface area contributed by atoms with Crippen LogP contribution in [0, 0.1) is 5.82 Å². The number of hydrogen-bond acceptors (Lipinski definition) is 7. The van der Waals surface area contributed by atoms with E-state index in [-0.39, 0.29) is 37.9 Å². The van der Waals surface area contributed by atoms with Crippen LogP contribution in [0.3, 0.4) is 0 Å². The summed E-state index contributed by atoms with van der Waals surface area (Å²) >= 11 is 0. The molecule has 0 amide bonds. The first kappa shape index (κ1) is 23.2. The van der Waals surface area contributed by atoms with Crippen molar-refractivity contribution >= 4 is 38.5 Å². The molecule has 1 aromatic heterocycles. The van der Waals surface area contributed by atoms with Gasteiger partial charge in [0.25, 0.3) is 0 Å². The molecule has 1 aliphatic carbocycles. The van der Waals surface area contributed by atoms with Crippen LogP contribution >= 0.6 is 0 Å². The van der Waals surface area contributed by atoms with Crippen LogP contribution in [-0.2, 0) is 19.7 Å². The Morgan fingerprint density at radius 3 is 2.60 bits per heavy atom. The summed E-state index contributed by atoms with van der Waals surface area (Å²) in [4.78, 5) is 16.2. The summed E-state index contributed by atoms with van der Waals surface area (Å²) in [7, 11) is -3.69. The molecule has 2 N–H and O–H groups in total. The van der Waals surface area contributed by atoms with E-state index in [2.05, 4.69) is 10.5 Å². The molecule has 0 spiro atoms. The Morgan fingerprint density at radius 1 is 1.26 bits per heavy atom. The molecule has 0 saturated heterocycles. The molecule has 1 aliphatic heterocycles. The van der Waals surface area contributed by atoms with E-state index in [1.165, 1.54) is 16.4 Å². The number of carboxylic acids is 1. The number of amidine groups is 1. The largest absolute Gasteiger partial charge is 0.481 e. The molecule has 184 valence electrons. The van der Waals surface area contributed by atoms with Crippen LogP contribution in [0.5, 0.6) is 0 Å². The number of aliphatic carboxylic acids is 1. The molecule has 3 aromatic rings. The van der Waals surface area contributed by atoms with Crippen LogP contribution < -0.4 is 9.62 Å². The van der Waals surface area contributed by atoms with Gasteiger partial charge >= 0.3 is 5.97 Å². The molecular formula is C24H24FN3O6S. The van der Waals surface area contributed by atoms with Crippen molar-refractivity contribution in [2.75, 3.05) is 23.8 Å². The van der Waals surface area contributed by atoms with Crippen molar-refractivity contribution in [3.05, 3.63) is 53.3 Å². The monoisotopic (exact) mass is 501 g/mol. The standard InChI is InChI=1S/C24H24FN3O6S/c1-35(31,32)28(10-2-3-21(29)30)19-12-20-18(11-17(19)14-4-5-14)22(24-26-13-33-27-24)23(34-20)15-6-8-16(25)9-7-15/h6-9,11-12,14H,2-5,10,13H2,1H3,(H,26,27)(H,29,30). The van der Waals surface area contributed by atoms with E-state index in [0.29, 0.717) is 34.0 Å². The highest BCUT2D eigenvalue weighted by atomic mass is 32.2. The predicted molar refractivity (Wildman–Crippen MR) is 128 cm³/mol. The SMILES string of the molecule is CS(=O)(=O)N(CCCC(=O)O)c1cc2oc(-c3ccc(F)cc3)c(C3=NOCN3)c2cc1C1CC1. The summed E-state index contributed by atoms with van der Waals surface area (Å²) in [5.74, 6) is -0.256. The topological polar surface area (TPSA) is 121 Å². The molecule has 0 atom stereocenters. The molecular weight excluding hydrogens is 477 g/mol. The zero-order valence-corrected chi connectivity index (χ0v) is 19.8. The van der Waals surface area contributed by atoms with Gasteiger partial charge in [-0.25, -0.2) is 12.8 Å². The van der Waals surface area contributed by atoms with Crippen molar-refractivity contribution in [1.82, 2.24) is 5.32 Å². The third-order valence-electron chi connectivity index (χ3n) is 6.08. The quantitative estimate of drug-likeness (QED) is 0.455. The van der Waals surface area contributed by atoms with Gasteiger partial charge in [-0.1, -0.05) is 5.16 Å². The number of oxime groups is 1. The highest BCUT2D eigenvalue weighted by Gasteiger charge is 2.33. The van der Waals surface area contributed by atoms with E-state index >= 15 is 0 Å². The van der Waals surface area contributed by atoms with Crippen LogP contribution in [0.1, 0.15) is 42.7 Å². The Kier molecular flexibility index (Phi) is 5.87. The van der Waals surface area contributed by atoms with Gasteiger partial charge in [0, 0.05) is 30.0 Å². The number of halogens is 1. The summed E-state index contributed by atoms with van der Waals surface area (Å²) < 4.78 is 46.5. The molecule has 0 bridgehead atoms. The van der Waals surface area contributed by atoms with Gasteiger partial charge in [0.15, 0.2) is 12.6 Å². The number of rotatable bonds is 9. The summed E-state index contributed by atoms with van der Waals surface area (Å²) in [5, 5.41) is 16.9. The van der Waals surface area contributed by atoms with E-state index in [9.17, 15) is 17.6 Å². The fourth-order valence-electron chi connectivity index (χ4n) is 4.33. The van der Waals surface area contributed by atoms with E-state index in [0.717, 1.165) is 30.0 Å². The number of nitrogens with zero attached hydrogens (tertiary/aromatic N) is 2. The maximum Gasteiger partial charge on any atom is 0.303 e. The Bertz CT molecular complexity index is 1430. The number of sulfonamides is 1. The van der Waals surface area contributed by atoms with Crippen LogP contribution in [0.25, 0.3) is 22.3 Å². The molecule has 1 fully saturated rings. The minimum Gasteiger partial charge on any atom is -0.481 e. The lowest BCUT2D eigenvalue weighted by molar-refractivity contribution is -0.137. The molecule has 11 heteroatoms. The summed E-state index contributed by atoms with van der Waals surface area (Å²) in [6.07, 6.45) is 2.99. The molecule has 35 heavy (non-hydrogen) atoms. The van der Waals surface area contributed by atoms with Crippen molar-refractivity contribution in [3.63, 3.8) is 0 Å². The third kappa shape index (κ3) is 4.68. The first-order valence-electron chi connectivity index (χ1n) is 11.2. The highest BCUT2D eigenvalue weighted by molar-refractivity contribution is 7.92. The Hall–Kier alpha value is -3.60. The number of carbonyl (C=O) groups is 1. The smallest absolute Gasteiger partial charge is 0.303 e. The average Bonchev–Trinajstić information content (AvgIpc) is 3.37. The van der Waals surface area contributed by atoms with Crippen LogP contribution in [0.15, 0.2) is 46.0 Å².